The van der Waals surface area contributed by atoms with Crippen molar-refractivity contribution >= 4 is 11.7 Å². The number of piperazine rings is 1. The maximum atomic E-state index is 13.3. The van der Waals surface area contributed by atoms with E-state index in [4.69, 9.17) is 9.47 Å². The van der Waals surface area contributed by atoms with Crippen molar-refractivity contribution in [1.82, 2.24) is 9.80 Å². The SMILES string of the molecule is COc1ccc(CN2CCN(C(=O)Nc3ccc(F)c(F)c3)CC2)cc1OC. The van der Waals surface area contributed by atoms with E-state index in [1.807, 2.05) is 18.2 Å². The molecule has 0 bridgehead atoms. The summed E-state index contributed by atoms with van der Waals surface area (Å²) in [5.74, 6) is -0.561. The Bertz CT molecular complexity index is 839. The minimum atomic E-state index is -0.988. The highest BCUT2D eigenvalue weighted by atomic mass is 19.2. The summed E-state index contributed by atoms with van der Waals surface area (Å²) in [6.45, 7) is 3.24. The van der Waals surface area contributed by atoms with Gasteiger partial charge < -0.3 is 19.7 Å². The van der Waals surface area contributed by atoms with Gasteiger partial charge in [0.15, 0.2) is 23.1 Å². The molecular weight excluding hydrogens is 368 g/mol. The average Bonchev–Trinajstić information content (AvgIpc) is 2.71. The number of urea groups is 1. The highest BCUT2D eigenvalue weighted by Gasteiger charge is 2.21. The standard InChI is InChI=1S/C20H23F2N3O3/c1-27-18-6-3-14(11-19(18)28-2)13-24-7-9-25(10-8-24)20(26)23-15-4-5-16(21)17(22)12-15/h3-6,11-12H,7-10,13H2,1-2H3,(H,23,26). The first kappa shape index (κ1) is 19.9. The summed E-state index contributed by atoms with van der Waals surface area (Å²) >= 11 is 0. The highest BCUT2D eigenvalue weighted by Crippen LogP contribution is 2.28. The van der Waals surface area contributed by atoms with Gasteiger partial charge in [-0.05, 0) is 29.8 Å². The molecular formula is C20H23F2N3O3. The van der Waals surface area contributed by atoms with Gasteiger partial charge in [-0.15, -0.1) is 0 Å². The van der Waals surface area contributed by atoms with E-state index < -0.39 is 11.6 Å². The van der Waals surface area contributed by atoms with Crippen LogP contribution in [0.3, 0.4) is 0 Å². The minimum Gasteiger partial charge on any atom is -0.493 e. The van der Waals surface area contributed by atoms with Gasteiger partial charge in [0, 0.05) is 44.5 Å². The van der Waals surface area contributed by atoms with Crippen molar-refractivity contribution in [1.29, 1.82) is 0 Å². The van der Waals surface area contributed by atoms with Crippen molar-refractivity contribution in [2.75, 3.05) is 45.7 Å². The zero-order valence-electron chi connectivity index (χ0n) is 15.9. The minimum absolute atomic E-state index is 0.233. The Balaban J connectivity index is 1.52. The summed E-state index contributed by atoms with van der Waals surface area (Å²) in [7, 11) is 3.20. The molecule has 28 heavy (non-hydrogen) atoms. The summed E-state index contributed by atoms with van der Waals surface area (Å²) in [6, 6.07) is 8.79. The number of ether oxygens (including phenoxy) is 2. The summed E-state index contributed by atoms with van der Waals surface area (Å²) < 4.78 is 36.8. The Morgan fingerprint density at radius 2 is 1.68 bits per heavy atom. The number of rotatable bonds is 5. The average molecular weight is 391 g/mol. The summed E-state index contributed by atoms with van der Waals surface area (Å²) in [5.41, 5.74) is 1.33. The Labute approximate surface area is 162 Å². The molecule has 0 aliphatic carbocycles. The van der Waals surface area contributed by atoms with Crippen LogP contribution in [0.15, 0.2) is 36.4 Å². The Morgan fingerprint density at radius 3 is 2.32 bits per heavy atom. The van der Waals surface area contributed by atoms with E-state index in [0.29, 0.717) is 37.7 Å². The summed E-state index contributed by atoms with van der Waals surface area (Å²) in [6.07, 6.45) is 0. The number of amides is 2. The molecule has 3 rings (SSSR count). The molecule has 0 radical (unpaired) electrons. The molecule has 6 nitrogen and oxygen atoms in total. The van der Waals surface area contributed by atoms with Crippen LogP contribution in [0.2, 0.25) is 0 Å². The fourth-order valence-corrected chi connectivity index (χ4v) is 3.12. The van der Waals surface area contributed by atoms with Gasteiger partial charge in [0.05, 0.1) is 14.2 Å². The van der Waals surface area contributed by atoms with E-state index in [2.05, 4.69) is 10.2 Å². The lowest BCUT2D eigenvalue weighted by molar-refractivity contribution is 0.143. The smallest absolute Gasteiger partial charge is 0.321 e. The van der Waals surface area contributed by atoms with Crippen LogP contribution in [0.4, 0.5) is 19.3 Å². The van der Waals surface area contributed by atoms with E-state index >= 15 is 0 Å². The third-order valence-electron chi connectivity index (χ3n) is 4.68. The molecule has 2 aromatic rings. The second kappa shape index (κ2) is 8.88. The topological polar surface area (TPSA) is 54.0 Å². The van der Waals surface area contributed by atoms with Gasteiger partial charge in [-0.1, -0.05) is 6.07 Å². The maximum Gasteiger partial charge on any atom is 0.321 e. The molecule has 0 unspecified atom stereocenters. The molecule has 0 atom stereocenters. The van der Waals surface area contributed by atoms with E-state index in [1.165, 1.54) is 6.07 Å². The molecule has 2 amide bonds. The zero-order chi connectivity index (χ0) is 20.1. The van der Waals surface area contributed by atoms with Gasteiger partial charge in [0.1, 0.15) is 0 Å². The lowest BCUT2D eigenvalue weighted by atomic mass is 10.1. The normalized spacial score (nSPS) is 14.6. The van der Waals surface area contributed by atoms with Gasteiger partial charge in [0.25, 0.3) is 0 Å². The van der Waals surface area contributed by atoms with E-state index in [-0.39, 0.29) is 11.7 Å². The first-order valence-electron chi connectivity index (χ1n) is 8.94. The van der Waals surface area contributed by atoms with Crippen molar-refractivity contribution in [3.8, 4) is 11.5 Å². The van der Waals surface area contributed by atoms with Gasteiger partial charge in [-0.2, -0.15) is 0 Å². The number of carbonyl (C=O) groups excluding carboxylic acids is 1. The fourth-order valence-electron chi connectivity index (χ4n) is 3.12. The van der Waals surface area contributed by atoms with Crippen LogP contribution in [-0.4, -0.2) is 56.2 Å². The monoisotopic (exact) mass is 391 g/mol. The number of anilines is 1. The Morgan fingerprint density at radius 1 is 0.964 bits per heavy atom. The van der Waals surface area contributed by atoms with E-state index in [0.717, 1.165) is 24.2 Å². The number of nitrogens with zero attached hydrogens (tertiary/aromatic N) is 2. The van der Waals surface area contributed by atoms with Crippen molar-refractivity contribution in [2.24, 2.45) is 0 Å². The largest absolute Gasteiger partial charge is 0.493 e. The van der Waals surface area contributed by atoms with Crippen LogP contribution in [0.1, 0.15) is 5.56 Å². The second-order valence-corrected chi connectivity index (χ2v) is 6.51. The number of methoxy groups -OCH3 is 2. The van der Waals surface area contributed by atoms with E-state index in [9.17, 15) is 13.6 Å². The fraction of sp³-hybridized carbons (Fsp3) is 0.350. The molecule has 1 heterocycles. The van der Waals surface area contributed by atoms with Crippen LogP contribution in [0.25, 0.3) is 0 Å². The van der Waals surface area contributed by atoms with Crippen LogP contribution in [-0.2, 0) is 6.54 Å². The van der Waals surface area contributed by atoms with Gasteiger partial charge in [-0.25, -0.2) is 13.6 Å². The van der Waals surface area contributed by atoms with Crippen molar-refractivity contribution in [3.05, 3.63) is 53.6 Å². The lowest BCUT2D eigenvalue weighted by Gasteiger charge is -2.34. The molecule has 2 aromatic carbocycles. The Kier molecular flexibility index (Phi) is 6.30. The molecule has 1 aliphatic rings. The third kappa shape index (κ3) is 4.69. The van der Waals surface area contributed by atoms with Crippen LogP contribution >= 0.6 is 0 Å². The number of hydrogen-bond acceptors (Lipinski definition) is 4. The lowest BCUT2D eigenvalue weighted by Crippen LogP contribution is -2.49. The predicted molar refractivity (Wildman–Crippen MR) is 102 cm³/mol. The quantitative estimate of drug-likeness (QED) is 0.850. The van der Waals surface area contributed by atoms with Gasteiger partial charge in [-0.3, -0.25) is 4.90 Å². The van der Waals surface area contributed by atoms with Crippen LogP contribution < -0.4 is 14.8 Å². The first-order valence-corrected chi connectivity index (χ1v) is 8.94. The van der Waals surface area contributed by atoms with E-state index in [1.54, 1.807) is 19.1 Å². The molecule has 1 N–H and O–H groups in total. The van der Waals surface area contributed by atoms with Crippen molar-refractivity contribution in [2.45, 2.75) is 6.54 Å². The van der Waals surface area contributed by atoms with Crippen LogP contribution in [0.5, 0.6) is 11.5 Å². The highest BCUT2D eigenvalue weighted by molar-refractivity contribution is 5.89. The second-order valence-electron chi connectivity index (χ2n) is 6.51. The maximum absolute atomic E-state index is 13.3. The van der Waals surface area contributed by atoms with Gasteiger partial charge >= 0.3 is 6.03 Å². The number of carbonyl (C=O) groups is 1. The molecule has 1 aliphatic heterocycles. The third-order valence-corrected chi connectivity index (χ3v) is 4.68. The number of benzene rings is 2. The summed E-state index contributed by atoms with van der Waals surface area (Å²) in [4.78, 5) is 16.2. The molecule has 8 heteroatoms. The molecule has 1 saturated heterocycles. The molecule has 0 saturated carbocycles. The van der Waals surface area contributed by atoms with Crippen molar-refractivity contribution in [3.63, 3.8) is 0 Å². The zero-order valence-corrected chi connectivity index (χ0v) is 15.9. The molecule has 0 aromatic heterocycles. The summed E-state index contributed by atoms with van der Waals surface area (Å²) in [5, 5.41) is 2.60. The molecule has 1 fully saturated rings. The Hall–Kier alpha value is -2.87. The predicted octanol–water partition coefficient (Wildman–Crippen LogP) is 3.33. The number of hydrogen-bond donors (Lipinski definition) is 1. The van der Waals surface area contributed by atoms with Gasteiger partial charge in [0.2, 0.25) is 0 Å². The van der Waals surface area contributed by atoms with Crippen molar-refractivity contribution < 1.29 is 23.0 Å². The number of halogens is 2. The van der Waals surface area contributed by atoms with Crippen LogP contribution in [0, 0.1) is 11.6 Å². The number of nitrogens with one attached hydrogen (secondary N) is 1. The molecule has 150 valence electrons. The molecule has 0 spiro atoms. The first-order chi connectivity index (χ1) is 13.5.